The number of carbonyl (C=O) groups is 1. The van der Waals surface area contributed by atoms with E-state index in [1.165, 1.54) is 0 Å². The molecule has 0 radical (unpaired) electrons. The quantitative estimate of drug-likeness (QED) is 0.582. The van der Waals surface area contributed by atoms with Gasteiger partial charge in [0.1, 0.15) is 0 Å². The standard InChI is InChI=1S/C7H12N2O2/c1-2-4-9(5-3-8)6-7(10)11/h2,4-6H2,1H3,(H,10,11). The van der Waals surface area contributed by atoms with Crippen molar-refractivity contribution in [1.82, 2.24) is 4.90 Å². The maximum atomic E-state index is 10.2. The van der Waals surface area contributed by atoms with Crippen LogP contribution in [0, 0.1) is 11.3 Å². The minimum Gasteiger partial charge on any atom is -0.480 e. The van der Waals surface area contributed by atoms with Gasteiger partial charge in [-0.15, -0.1) is 0 Å². The van der Waals surface area contributed by atoms with Crippen molar-refractivity contribution in [3.8, 4) is 6.07 Å². The molecule has 0 saturated carbocycles. The summed E-state index contributed by atoms with van der Waals surface area (Å²) >= 11 is 0. The summed E-state index contributed by atoms with van der Waals surface area (Å²) in [7, 11) is 0. The highest BCUT2D eigenvalue weighted by Gasteiger charge is 2.06. The molecule has 0 aromatic rings. The predicted octanol–water partition coefficient (Wildman–Crippen LogP) is 0.307. The van der Waals surface area contributed by atoms with Crippen LogP contribution in [-0.4, -0.2) is 35.6 Å². The first-order chi connectivity index (χ1) is 5.20. The molecular weight excluding hydrogens is 144 g/mol. The van der Waals surface area contributed by atoms with E-state index in [-0.39, 0.29) is 13.1 Å². The van der Waals surface area contributed by atoms with Gasteiger partial charge in [-0.3, -0.25) is 9.69 Å². The zero-order valence-electron chi connectivity index (χ0n) is 6.58. The van der Waals surface area contributed by atoms with Crippen LogP contribution in [0.4, 0.5) is 0 Å². The second-order valence-electron chi connectivity index (χ2n) is 2.26. The zero-order chi connectivity index (χ0) is 8.69. The molecule has 0 spiro atoms. The lowest BCUT2D eigenvalue weighted by Crippen LogP contribution is -2.30. The summed E-state index contributed by atoms with van der Waals surface area (Å²) in [6, 6.07) is 1.92. The number of rotatable bonds is 5. The molecule has 0 saturated heterocycles. The zero-order valence-corrected chi connectivity index (χ0v) is 6.58. The van der Waals surface area contributed by atoms with Crippen LogP contribution in [0.5, 0.6) is 0 Å². The molecule has 0 aliphatic rings. The van der Waals surface area contributed by atoms with E-state index in [1.54, 1.807) is 4.90 Å². The van der Waals surface area contributed by atoms with E-state index in [9.17, 15) is 4.79 Å². The fourth-order valence-corrected chi connectivity index (χ4v) is 0.822. The van der Waals surface area contributed by atoms with Crippen molar-refractivity contribution in [2.75, 3.05) is 19.6 Å². The second kappa shape index (κ2) is 5.69. The molecule has 4 heteroatoms. The summed E-state index contributed by atoms with van der Waals surface area (Å²) in [6.45, 7) is 2.77. The lowest BCUT2D eigenvalue weighted by molar-refractivity contribution is -0.138. The summed E-state index contributed by atoms with van der Waals surface area (Å²) in [5.41, 5.74) is 0. The maximum Gasteiger partial charge on any atom is 0.317 e. The van der Waals surface area contributed by atoms with Gasteiger partial charge < -0.3 is 5.11 Å². The molecule has 0 aliphatic heterocycles. The first kappa shape index (κ1) is 9.92. The summed E-state index contributed by atoms with van der Waals surface area (Å²) < 4.78 is 0. The monoisotopic (exact) mass is 156 g/mol. The largest absolute Gasteiger partial charge is 0.480 e. The van der Waals surface area contributed by atoms with Crippen LogP contribution in [0.15, 0.2) is 0 Å². The summed E-state index contributed by atoms with van der Waals surface area (Å²) in [5.74, 6) is -0.881. The highest BCUT2D eigenvalue weighted by molar-refractivity contribution is 5.69. The molecule has 0 fully saturated rings. The van der Waals surface area contributed by atoms with Gasteiger partial charge in [-0.1, -0.05) is 6.92 Å². The van der Waals surface area contributed by atoms with Gasteiger partial charge in [0.15, 0.2) is 0 Å². The van der Waals surface area contributed by atoms with Crippen molar-refractivity contribution in [1.29, 1.82) is 5.26 Å². The number of hydrogen-bond acceptors (Lipinski definition) is 3. The smallest absolute Gasteiger partial charge is 0.317 e. The van der Waals surface area contributed by atoms with Crippen molar-refractivity contribution in [3.05, 3.63) is 0 Å². The fraction of sp³-hybridized carbons (Fsp3) is 0.714. The number of hydrogen-bond donors (Lipinski definition) is 1. The van der Waals surface area contributed by atoms with Gasteiger partial charge in [0.05, 0.1) is 19.2 Å². The van der Waals surface area contributed by atoms with E-state index in [2.05, 4.69) is 0 Å². The third-order valence-electron chi connectivity index (χ3n) is 1.19. The molecular formula is C7H12N2O2. The van der Waals surface area contributed by atoms with Crippen molar-refractivity contribution >= 4 is 5.97 Å². The lowest BCUT2D eigenvalue weighted by Gasteiger charge is -2.14. The van der Waals surface area contributed by atoms with Gasteiger partial charge in [-0.25, -0.2) is 0 Å². The number of nitrogens with zero attached hydrogens (tertiary/aromatic N) is 2. The van der Waals surface area contributed by atoms with Gasteiger partial charge in [-0.2, -0.15) is 5.26 Å². The average Bonchev–Trinajstić information content (AvgIpc) is 1.87. The third kappa shape index (κ3) is 5.37. The first-order valence-corrected chi connectivity index (χ1v) is 3.51. The predicted molar refractivity (Wildman–Crippen MR) is 40.0 cm³/mol. The molecule has 0 rings (SSSR count). The van der Waals surface area contributed by atoms with Crippen molar-refractivity contribution in [3.63, 3.8) is 0 Å². The van der Waals surface area contributed by atoms with Gasteiger partial charge >= 0.3 is 5.97 Å². The van der Waals surface area contributed by atoms with Gasteiger partial charge in [-0.05, 0) is 13.0 Å². The number of carboxylic acid groups (broad SMARTS) is 1. The second-order valence-corrected chi connectivity index (χ2v) is 2.26. The van der Waals surface area contributed by atoms with Crippen LogP contribution < -0.4 is 0 Å². The highest BCUT2D eigenvalue weighted by Crippen LogP contribution is 1.89. The van der Waals surface area contributed by atoms with E-state index in [4.69, 9.17) is 10.4 Å². The van der Waals surface area contributed by atoms with Crippen LogP contribution >= 0.6 is 0 Å². The molecule has 0 atom stereocenters. The van der Waals surface area contributed by atoms with E-state index in [0.717, 1.165) is 6.42 Å². The number of aliphatic carboxylic acids is 1. The molecule has 1 N–H and O–H groups in total. The van der Waals surface area contributed by atoms with E-state index >= 15 is 0 Å². The van der Waals surface area contributed by atoms with Crippen LogP contribution in [0.2, 0.25) is 0 Å². The number of carboxylic acids is 1. The molecule has 0 unspecified atom stereocenters. The minimum absolute atomic E-state index is 0.0403. The van der Waals surface area contributed by atoms with Crippen LogP contribution in [0.3, 0.4) is 0 Å². The van der Waals surface area contributed by atoms with Gasteiger partial charge in [0.25, 0.3) is 0 Å². The molecule has 0 bridgehead atoms. The Hall–Kier alpha value is -1.08. The van der Waals surface area contributed by atoms with Crippen molar-refractivity contribution in [2.24, 2.45) is 0 Å². The summed E-state index contributed by atoms with van der Waals surface area (Å²) in [4.78, 5) is 11.8. The van der Waals surface area contributed by atoms with Crippen LogP contribution in [-0.2, 0) is 4.79 Å². The fourth-order valence-electron chi connectivity index (χ4n) is 0.822. The average molecular weight is 156 g/mol. The Labute approximate surface area is 66.0 Å². The molecule has 4 nitrogen and oxygen atoms in total. The van der Waals surface area contributed by atoms with Gasteiger partial charge in [0, 0.05) is 0 Å². The Balaban J connectivity index is 3.70. The molecule has 0 aromatic carbocycles. The molecule has 0 amide bonds. The van der Waals surface area contributed by atoms with E-state index in [0.29, 0.717) is 6.54 Å². The normalized spacial score (nSPS) is 9.55. The van der Waals surface area contributed by atoms with E-state index < -0.39 is 5.97 Å². The minimum atomic E-state index is -0.881. The van der Waals surface area contributed by atoms with Crippen molar-refractivity contribution < 1.29 is 9.90 Å². The van der Waals surface area contributed by atoms with Crippen LogP contribution in [0.1, 0.15) is 13.3 Å². The number of nitriles is 1. The van der Waals surface area contributed by atoms with E-state index in [1.807, 2.05) is 13.0 Å². The molecule has 0 aliphatic carbocycles. The third-order valence-corrected chi connectivity index (χ3v) is 1.19. The maximum absolute atomic E-state index is 10.2. The Morgan fingerprint density at radius 1 is 1.73 bits per heavy atom. The first-order valence-electron chi connectivity index (χ1n) is 3.51. The molecule has 11 heavy (non-hydrogen) atoms. The SMILES string of the molecule is CCCN(CC#N)CC(=O)O. The van der Waals surface area contributed by atoms with Crippen molar-refractivity contribution in [2.45, 2.75) is 13.3 Å². The Bertz CT molecular complexity index is 162. The highest BCUT2D eigenvalue weighted by atomic mass is 16.4. The topological polar surface area (TPSA) is 64.3 Å². The molecule has 62 valence electrons. The lowest BCUT2D eigenvalue weighted by atomic mass is 10.4. The van der Waals surface area contributed by atoms with Gasteiger partial charge in [0.2, 0.25) is 0 Å². The van der Waals surface area contributed by atoms with Crippen LogP contribution in [0.25, 0.3) is 0 Å². The summed E-state index contributed by atoms with van der Waals surface area (Å²) in [5, 5.41) is 16.7. The Morgan fingerprint density at radius 3 is 2.73 bits per heavy atom. The molecule has 0 aromatic heterocycles. The molecule has 0 heterocycles. The Kier molecular flexibility index (Phi) is 5.13. The summed E-state index contributed by atoms with van der Waals surface area (Å²) in [6.07, 6.45) is 0.870. The Morgan fingerprint density at radius 2 is 2.36 bits per heavy atom.